The van der Waals surface area contributed by atoms with E-state index in [-0.39, 0.29) is 11.6 Å². The number of nitrogens with one attached hydrogen (secondary N) is 2. The summed E-state index contributed by atoms with van der Waals surface area (Å²) in [6, 6.07) is 0.642. The summed E-state index contributed by atoms with van der Waals surface area (Å²) in [6.07, 6.45) is 6.23. The van der Waals surface area contributed by atoms with E-state index in [9.17, 15) is 0 Å². The van der Waals surface area contributed by atoms with E-state index in [4.69, 9.17) is 4.42 Å². The van der Waals surface area contributed by atoms with E-state index in [2.05, 4.69) is 27.8 Å². The molecular weight excluding hydrogens is 216 g/mol. The van der Waals surface area contributed by atoms with Crippen molar-refractivity contribution in [2.75, 3.05) is 12.4 Å². The van der Waals surface area contributed by atoms with E-state index >= 15 is 0 Å². The van der Waals surface area contributed by atoms with Crippen LogP contribution >= 0.6 is 0 Å². The zero-order valence-corrected chi connectivity index (χ0v) is 10.9. The standard InChI is InChI=1S/C12H22N4O/c1-9(13-3)10-15-16-11(17-10)14-12(2)7-5-4-6-8-12/h9,13H,4-8H2,1-3H3,(H,14,16). The van der Waals surface area contributed by atoms with Gasteiger partial charge in [-0.25, -0.2) is 0 Å². The van der Waals surface area contributed by atoms with E-state index in [1.54, 1.807) is 0 Å². The van der Waals surface area contributed by atoms with E-state index < -0.39 is 0 Å². The molecule has 1 aliphatic rings. The Labute approximate surface area is 102 Å². The van der Waals surface area contributed by atoms with Crippen LogP contribution < -0.4 is 10.6 Å². The number of anilines is 1. The predicted molar refractivity (Wildman–Crippen MR) is 66.9 cm³/mol. The van der Waals surface area contributed by atoms with Crippen LogP contribution in [0.5, 0.6) is 0 Å². The number of hydrogen-bond donors (Lipinski definition) is 2. The van der Waals surface area contributed by atoms with Gasteiger partial charge in [0.2, 0.25) is 5.89 Å². The van der Waals surface area contributed by atoms with Crippen molar-refractivity contribution >= 4 is 6.01 Å². The van der Waals surface area contributed by atoms with Gasteiger partial charge in [-0.2, -0.15) is 0 Å². The Bertz CT molecular complexity index is 357. The molecule has 2 N–H and O–H groups in total. The summed E-state index contributed by atoms with van der Waals surface area (Å²) in [4.78, 5) is 0. The van der Waals surface area contributed by atoms with Crippen molar-refractivity contribution in [1.82, 2.24) is 15.5 Å². The van der Waals surface area contributed by atoms with Crippen molar-refractivity contribution in [1.29, 1.82) is 0 Å². The van der Waals surface area contributed by atoms with Crippen molar-refractivity contribution in [2.45, 2.75) is 57.5 Å². The topological polar surface area (TPSA) is 63.0 Å². The first-order valence-electron chi connectivity index (χ1n) is 6.42. The fourth-order valence-corrected chi connectivity index (χ4v) is 2.30. The van der Waals surface area contributed by atoms with Gasteiger partial charge in [-0.3, -0.25) is 0 Å². The van der Waals surface area contributed by atoms with Crippen LogP contribution in [0.4, 0.5) is 6.01 Å². The van der Waals surface area contributed by atoms with Gasteiger partial charge in [-0.05, 0) is 33.7 Å². The first-order chi connectivity index (χ1) is 8.13. The monoisotopic (exact) mass is 238 g/mol. The minimum atomic E-state index is 0.0946. The molecule has 1 unspecified atom stereocenters. The van der Waals surface area contributed by atoms with Crippen LogP contribution in [-0.2, 0) is 0 Å². The second-order valence-electron chi connectivity index (χ2n) is 5.20. The molecule has 17 heavy (non-hydrogen) atoms. The van der Waals surface area contributed by atoms with Crippen LogP contribution in [0.25, 0.3) is 0 Å². The number of aromatic nitrogens is 2. The van der Waals surface area contributed by atoms with Crippen molar-refractivity contribution in [3.8, 4) is 0 Å². The van der Waals surface area contributed by atoms with Gasteiger partial charge < -0.3 is 15.1 Å². The zero-order chi connectivity index (χ0) is 12.3. The lowest BCUT2D eigenvalue weighted by Gasteiger charge is -2.33. The lowest BCUT2D eigenvalue weighted by molar-refractivity contribution is 0.336. The minimum absolute atomic E-state index is 0.0946. The van der Waals surface area contributed by atoms with Crippen molar-refractivity contribution < 1.29 is 4.42 Å². The summed E-state index contributed by atoms with van der Waals surface area (Å²) in [5, 5.41) is 14.6. The van der Waals surface area contributed by atoms with Crippen LogP contribution in [0, 0.1) is 0 Å². The highest BCUT2D eigenvalue weighted by atomic mass is 16.4. The Balaban J connectivity index is 2.00. The smallest absolute Gasteiger partial charge is 0.315 e. The molecule has 1 fully saturated rings. The molecule has 0 aromatic carbocycles. The van der Waals surface area contributed by atoms with Crippen LogP contribution in [0.2, 0.25) is 0 Å². The molecule has 0 spiro atoms. The van der Waals surface area contributed by atoms with Gasteiger partial charge in [0.1, 0.15) is 0 Å². The molecule has 96 valence electrons. The Morgan fingerprint density at radius 2 is 1.94 bits per heavy atom. The van der Waals surface area contributed by atoms with Crippen LogP contribution in [-0.4, -0.2) is 22.8 Å². The summed E-state index contributed by atoms with van der Waals surface area (Å²) < 4.78 is 5.61. The van der Waals surface area contributed by atoms with E-state index in [1.165, 1.54) is 32.1 Å². The fraction of sp³-hybridized carbons (Fsp3) is 0.833. The Morgan fingerprint density at radius 3 is 2.59 bits per heavy atom. The number of nitrogens with zero attached hydrogens (tertiary/aromatic N) is 2. The van der Waals surface area contributed by atoms with Crippen molar-refractivity contribution in [3.63, 3.8) is 0 Å². The molecule has 5 heteroatoms. The maximum atomic E-state index is 5.61. The Morgan fingerprint density at radius 1 is 1.24 bits per heavy atom. The Kier molecular flexibility index (Phi) is 3.66. The summed E-state index contributed by atoms with van der Waals surface area (Å²) in [5.74, 6) is 0.634. The first-order valence-corrected chi connectivity index (χ1v) is 6.42. The largest absolute Gasteiger partial charge is 0.406 e. The third-order valence-corrected chi connectivity index (χ3v) is 3.61. The molecular formula is C12H22N4O. The summed E-state index contributed by atoms with van der Waals surface area (Å²) >= 11 is 0. The first kappa shape index (κ1) is 12.4. The summed E-state index contributed by atoms with van der Waals surface area (Å²) in [6.45, 7) is 4.23. The maximum Gasteiger partial charge on any atom is 0.315 e. The van der Waals surface area contributed by atoms with E-state index in [0.717, 1.165) is 0 Å². The normalized spacial score (nSPS) is 21.1. The average Bonchev–Trinajstić information content (AvgIpc) is 2.76. The molecule has 1 aliphatic carbocycles. The second-order valence-corrected chi connectivity index (χ2v) is 5.20. The molecule has 1 aromatic heterocycles. The van der Waals surface area contributed by atoms with Crippen molar-refractivity contribution in [2.24, 2.45) is 0 Å². The van der Waals surface area contributed by atoms with Gasteiger partial charge in [0.05, 0.1) is 6.04 Å². The maximum absolute atomic E-state index is 5.61. The van der Waals surface area contributed by atoms with Gasteiger partial charge >= 0.3 is 6.01 Å². The molecule has 0 bridgehead atoms. The second kappa shape index (κ2) is 5.04. The molecule has 1 saturated carbocycles. The third-order valence-electron chi connectivity index (χ3n) is 3.61. The lowest BCUT2D eigenvalue weighted by atomic mass is 9.83. The van der Waals surface area contributed by atoms with E-state index in [1.807, 2.05) is 14.0 Å². The van der Waals surface area contributed by atoms with Gasteiger partial charge in [-0.1, -0.05) is 24.4 Å². The fourth-order valence-electron chi connectivity index (χ4n) is 2.30. The van der Waals surface area contributed by atoms with Gasteiger partial charge in [0.15, 0.2) is 0 Å². The molecule has 0 amide bonds. The SMILES string of the molecule is CNC(C)c1nnc(NC2(C)CCCCC2)o1. The van der Waals surface area contributed by atoms with Crippen LogP contribution in [0.15, 0.2) is 4.42 Å². The molecule has 1 heterocycles. The van der Waals surface area contributed by atoms with Gasteiger partial charge in [-0.15, -0.1) is 5.10 Å². The molecule has 5 nitrogen and oxygen atoms in total. The average molecular weight is 238 g/mol. The molecule has 0 saturated heterocycles. The molecule has 1 aromatic rings. The quantitative estimate of drug-likeness (QED) is 0.843. The number of rotatable bonds is 4. The summed E-state index contributed by atoms with van der Waals surface area (Å²) in [5.41, 5.74) is 0.116. The predicted octanol–water partition coefficient (Wildman–Crippen LogP) is 2.48. The van der Waals surface area contributed by atoms with E-state index in [0.29, 0.717) is 11.9 Å². The lowest BCUT2D eigenvalue weighted by Crippen LogP contribution is -2.36. The minimum Gasteiger partial charge on any atom is -0.406 e. The molecule has 0 aliphatic heterocycles. The highest BCUT2D eigenvalue weighted by Gasteiger charge is 2.28. The molecule has 1 atom stereocenters. The molecule has 0 radical (unpaired) electrons. The summed E-state index contributed by atoms with van der Waals surface area (Å²) in [7, 11) is 1.88. The van der Waals surface area contributed by atoms with Crippen molar-refractivity contribution in [3.05, 3.63) is 5.89 Å². The third kappa shape index (κ3) is 2.97. The van der Waals surface area contributed by atoms with Crippen LogP contribution in [0.1, 0.15) is 57.9 Å². The number of hydrogen-bond acceptors (Lipinski definition) is 5. The molecule has 2 rings (SSSR count). The highest BCUT2D eigenvalue weighted by molar-refractivity contribution is 5.24. The van der Waals surface area contributed by atoms with Crippen LogP contribution in [0.3, 0.4) is 0 Å². The highest BCUT2D eigenvalue weighted by Crippen LogP contribution is 2.31. The van der Waals surface area contributed by atoms with Gasteiger partial charge in [0.25, 0.3) is 0 Å². The zero-order valence-electron chi connectivity index (χ0n) is 10.9. The van der Waals surface area contributed by atoms with Gasteiger partial charge in [0, 0.05) is 5.54 Å². The Hall–Kier alpha value is -1.10.